The molecule has 0 saturated heterocycles. The van der Waals surface area contributed by atoms with Gasteiger partial charge in [-0.1, -0.05) is 40.5 Å². The molecule has 1 aliphatic rings. The molecule has 2 rings (SSSR count). The standard InChI is InChI=1S/C16H29N3/c1-5-10-19-12-13(11-18-19)16(17)9-7-6-8-14(16)15(2,3)4/h11-12,14H,5-10,17H2,1-4H3. The molecule has 3 heteroatoms. The third-order valence-corrected chi connectivity index (χ3v) is 4.62. The molecular weight excluding hydrogens is 234 g/mol. The molecule has 108 valence electrons. The van der Waals surface area contributed by atoms with E-state index in [1.54, 1.807) is 0 Å². The lowest BCUT2D eigenvalue weighted by atomic mass is 9.60. The van der Waals surface area contributed by atoms with Crippen LogP contribution in [0.4, 0.5) is 0 Å². The Hall–Kier alpha value is -0.830. The number of rotatable bonds is 3. The molecule has 1 heterocycles. The molecular formula is C16H29N3. The van der Waals surface area contributed by atoms with Crippen molar-refractivity contribution in [1.82, 2.24) is 9.78 Å². The molecule has 1 saturated carbocycles. The summed E-state index contributed by atoms with van der Waals surface area (Å²) >= 11 is 0. The Morgan fingerprint density at radius 1 is 1.42 bits per heavy atom. The van der Waals surface area contributed by atoms with Crippen molar-refractivity contribution in [3.8, 4) is 0 Å². The highest BCUT2D eigenvalue weighted by Gasteiger charge is 2.45. The molecule has 1 aliphatic carbocycles. The van der Waals surface area contributed by atoms with E-state index in [0.717, 1.165) is 19.4 Å². The number of nitrogens with zero attached hydrogens (tertiary/aromatic N) is 2. The zero-order chi connectivity index (χ0) is 14.1. The van der Waals surface area contributed by atoms with Gasteiger partial charge in [-0.3, -0.25) is 4.68 Å². The van der Waals surface area contributed by atoms with Gasteiger partial charge in [0, 0.05) is 23.8 Å². The number of hydrogen-bond donors (Lipinski definition) is 1. The van der Waals surface area contributed by atoms with Crippen LogP contribution in [0.1, 0.15) is 65.4 Å². The van der Waals surface area contributed by atoms with Crippen LogP contribution in [-0.4, -0.2) is 9.78 Å². The van der Waals surface area contributed by atoms with Crippen LogP contribution in [0.5, 0.6) is 0 Å². The largest absolute Gasteiger partial charge is 0.321 e. The van der Waals surface area contributed by atoms with Crippen molar-refractivity contribution in [2.75, 3.05) is 0 Å². The van der Waals surface area contributed by atoms with E-state index in [1.165, 1.54) is 24.8 Å². The number of nitrogens with two attached hydrogens (primary N) is 1. The summed E-state index contributed by atoms with van der Waals surface area (Å²) in [7, 11) is 0. The smallest absolute Gasteiger partial charge is 0.0540 e. The van der Waals surface area contributed by atoms with Crippen molar-refractivity contribution in [2.24, 2.45) is 17.1 Å². The summed E-state index contributed by atoms with van der Waals surface area (Å²) in [5.41, 5.74) is 8.16. The highest BCUT2D eigenvalue weighted by atomic mass is 15.3. The third-order valence-electron chi connectivity index (χ3n) is 4.62. The molecule has 19 heavy (non-hydrogen) atoms. The maximum atomic E-state index is 6.87. The Balaban J connectivity index is 2.31. The number of hydrogen-bond acceptors (Lipinski definition) is 2. The molecule has 2 N–H and O–H groups in total. The van der Waals surface area contributed by atoms with Crippen molar-refractivity contribution in [1.29, 1.82) is 0 Å². The normalized spacial score (nSPS) is 28.6. The molecule has 1 aromatic rings. The SMILES string of the molecule is CCCn1cc(C2(N)CCCCC2C(C)(C)C)cn1. The topological polar surface area (TPSA) is 43.8 Å². The third kappa shape index (κ3) is 2.86. The predicted octanol–water partition coefficient (Wildman–Crippen LogP) is 3.68. The summed E-state index contributed by atoms with van der Waals surface area (Å²) in [5, 5.41) is 4.48. The van der Waals surface area contributed by atoms with Crippen LogP contribution < -0.4 is 5.73 Å². The van der Waals surface area contributed by atoms with Crippen molar-refractivity contribution in [3.05, 3.63) is 18.0 Å². The molecule has 2 unspecified atom stereocenters. The maximum Gasteiger partial charge on any atom is 0.0540 e. The minimum absolute atomic E-state index is 0.192. The Morgan fingerprint density at radius 3 is 2.79 bits per heavy atom. The molecule has 0 aliphatic heterocycles. The van der Waals surface area contributed by atoms with Gasteiger partial charge in [-0.2, -0.15) is 5.10 Å². The fourth-order valence-corrected chi connectivity index (χ4v) is 3.70. The summed E-state index contributed by atoms with van der Waals surface area (Å²) in [4.78, 5) is 0. The minimum Gasteiger partial charge on any atom is -0.321 e. The Bertz CT molecular complexity index is 416. The zero-order valence-electron chi connectivity index (χ0n) is 12.9. The van der Waals surface area contributed by atoms with Crippen molar-refractivity contribution >= 4 is 0 Å². The second kappa shape index (κ2) is 5.28. The van der Waals surface area contributed by atoms with E-state index in [-0.39, 0.29) is 11.0 Å². The summed E-state index contributed by atoms with van der Waals surface area (Å²) in [6, 6.07) is 0. The van der Waals surface area contributed by atoms with Gasteiger partial charge in [0.05, 0.1) is 6.20 Å². The lowest BCUT2D eigenvalue weighted by Gasteiger charge is -2.47. The van der Waals surface area contributed by atoms with Gasteiger partial charge in [0.25, 0.3) is 0 Å². The number of aromatic nitrogens is 2. The Labute approximate surface area is 117 Å². The van der Waals surface area contributed by atoms with E-state index in [9.17, 15) is 0 Å². The van der Waals surface area contributed by atoms with Gasteiger partial charge in [0.15, 0.2) is 0 Å². The van der Waals surface area contributed by atoms with Crippen LogP contribution in [0.2, 0.25) is 0 Å². The van der Waals surface area contributed by atoms with Crippen LogP contribution >= 0.6 is 0 Å². The summed E-state index contributed by atoms with van der Waals surface area (Å²) in [6.07, 6.45) is 10.2. The van der Waals surface area contributed by atoms with Gasteiger partial charge >= 0.3 is 0 Å². The van der Waals surface area contributed by atoms with E-state index < -0.39 is 0 Å². The summed E-state index contributed by atoms with van der Waals surface area (Å²) < 4.78 is 2.04. The van der Waals surface area contributed by atoms with Gasteiger partial charge in [-0.15, -0.1) is 0 Å². The highest BCUT2D eigenvalue weighted by molar-refractivity contribution is 5.21. The first-order valence-corrected chi connectivity index (χ1v) is 7.69. The fraction of sp³-hybridized carbons (Fsp3) is 0.812. The van der Waals surface area contributed by atoms with E-state index in [2.05, 4.69) is 39.0 Å². The summed E-state index contributed by atoms with van der Waals surface area (Å²) in [6.45, 7) is 10.1. The molecule has 1 fully saturated rings. The molecule has 0 bridgehead atoms. The van der Waals surface area contributed by atoms with Crippen LogP contribution in [0.15, 0.2) is 12.4 Å². The monoisotopic (exact) mass is 263 g/mol. The first-order valence-electron chi connectivity index (χ1n) is 7.69. The average molecular weight is 263 g/mol. The molecule has 0 amide bonds. The first kappa shape index (κ1) is 14.6. The zero-order valence-corrected chi connectivity index (χ0v) is 12.9. The van der Waals surface area contributed by atoms with Crippen LogP contribution in [-0.2, 0) is 12.1 Å². The van der Waals surface area contributed by atoms with Gasteiger partial charge in [0.2, 0.25) is 0 Å². The van der Waals surface area contributed by atoms with Crippen molar-refractivity contribution in [2.45, 2.75) is 71.9 Å². The van der Waals surface area contributed by atoms with Crippen LogP contribution in [0.25, 0.3) is 0 Å². The van der Waals surface area contributed by atoms with E-state index in [4.69, 9.17) is 5.73 Å². The van der Waals surface area contributed by atoms with Crippen LogP contribution in [0.3, 0.4) is 0 Å². The van der Waals surface area contributed by atoms with E-state index in [0.29, 0.717) is 5.92 Å². The van der Waals surface area contributed by atoms with Gasteiger partial charge < -0.3 is 5.73 Å². The molecule has 3 nitrogen and oxygen atoms in total. The summed E-state index contributed by atoms with van der Waals surface area (Å²) in [5.74, 6) is 0.535. The lowest BCUT2D eigenvalue weighted by Crippen LogP contribution is -2.51. The Kier molecular flexibility index (Phi) is 4.05. The molecule has 2 atom stereocenters. The average Bonchev–Trinajstić information content (AvgIpc) is 2.78. The Morgan fingerprint density at radius 2 is 2.16 bits per heavy atom. The first-order chi connectivity index (χ1) is 8.88. The highest BCUT2D eigenvalue weighted by Crippen LogP contribution is 2.48. The predicted molar refractivity (Wildman–Crippen MR) is 79.8 cm³/mol. The van der Waals surface area contributed by atoms with Gasteiger partial charge in [-0.25, -0.2) is 0 Å². The van der Waals surface area contributed by atoms with E-state index >= 15 is 0 Å². The van der Waals surface area contributed by atoms with Crippen LogP contribution in [0, 0.1) is 11.3 Å². The van der Waals surface area contributed by atoms with E-state index in [1.807, 2.05) is 10.9 Å². The van der Waals surface area contributed by atoms with Gasteiger partial charge in [-0.05, 0) is 30.6 Å². The molecule has 0 aromatic carbocycles. The quantitative estimate of drug-likeness (QED) is 0.904. The van der Waals surface area contributed by atoms with Gasteiger partial charge in [0.1, 0.15) is 0 Å². The molecule has 0 radical (unpaired) electrons. The lowest BCUT2D eigenvalue weighted by molar-refractivity contribution is 0.0777. The van der Waals surface area contributed by atoms with Crippen molar-refractivity contribution in [3.63, 3.8) is 0 Å². The number of aryl methyl sites for hydroxylation is 1. The molecule has 0 spiro atoms. The second-order valence-corrected chi connectivity index (χ2v) is 7.20. The fourth-order valence-electron chi connectivity index (χ4n) is 3.70. The van der Waals surface area contributed by atoms with Crippen molar-refractivity contribution < 1.29 is 0 Å². The molecule has 1 aromatic heterocycles. The second-order valence-electron chi connectivity index (χ2n) is 7.20. The maximum absolute atomic E-state index is 6.87. The minimum atomic E-state index is -0.192.